The summed E-state index contributed by atoms with van der Waals surface area (Å²) in [4.78, 5) is 23.9. The number of nitriles is 2. The first-order valence-corrected chi connectivity index (χ1v) is 25.3. The molecule has 6 aromatic rings. The summed E-state index contributed by atoms with van der Waals surface area (Å²) >= 11 is 24.2. The van der Waals surface area contributed by atoms with Crippen LogP contribution in [0.25, 0.3) is 16.9 Å². The fourth-order valence-electron chi connectivity index (χ4n) is 6.12. The van der Waals surface area contributed by atoms with Crippen molar-refractivity contribution in [1.82, 2.24) is 39.5 Å². The molecule has 67 heavy (non-hydrogen) atoms. The van der Waals surface area contributed by atoms with Gasteiger partial charge in [0, 0.05) is 23.9 Å². The summed E-state index contributed by atoms with van der Waals surface area (Å²) in [5.74, 6) is 0. The molecule has 5 heterocycles. The van der Waals surface area contributed by atoms with Gasteiger partial charge in [-0.25, -0.2) is 29.3 Å². The minimum absolute atomic E-state index is 0. The Labute approximate surface area is 407 Å². The minimum atomic E-state index is -4.61. The normalized spacial score (nSPS) is 14.9. The van der Waals surface area contributed by atoms with Gasteiger partial charge < -0.3 is 0 Å². The second kappa shape index (κ2) is 22.5. The molecule has 4 aromatic heterocycles. The summed E-state index contributed by atoms with van der Waals surface area (Å²) in [6.07, 6.45) is -0.828. The molecule has 0 saturated heterocycles. The number of aliphatic imine (C=N–C) groups is 2. The van der Waals surface area contributed by atoms with E-state index >= 15 is 0 Å². The first-order valence-electron chi connectivity index (χ1n) is 18.9. The predicted molar refractivity (Wildman–Crippen MR) is 255 cm³/mol. The van der Waals surface area contributed by atoms with Crippen molar-refractivity contribution in [3.63, 3.8) is 0 Å². The molecular weight excluding hydrogens is 1000 g/mol. The maximum atomic E-state index is 14.2. The number of alkyl halides is 6. The maximum Gasteiger partial charge on any atom is 0.416 e. The molecule has 350 valence electrons. The quantitative estimate of drug-likeness (QED) is 0.0475. The molecule has 0 N–H and O–H groups in total. The Hall–Kier alpha value is -5.61. The van der Waals surface area contributed by atoms with Crippen LogP contribution in [0.1, 0.15) is 47.2 Å². The van der Waals surface area contributed by atoms with Gasteiger partial charge in [0.05, 0.1) is 47.7 Å². The van der Waals surface area contributed by atoms with Gasteiger partial charge in [0.1, 0.15) is 63.5 Å². The monoisotopic (exact) mass is 1040 g/mol. The van der Waals surface area contributed by atoms with E-state index in [4.69, 9.17) is 51.4 Å². The second-order valence-corrected chi connectivity index (χ2v) is 23.0. The van der Waals surface area contributed by atoms with Gasteiger partial charge in [0.2, 0.25) is 0 Å². The van der Waals surface area contributed by atoms with Crippen LogP contribution in [0.15, 0.2) is 103 Å². The Morgan fingerprint density at radius 3 is 1.75 bits per heavy atom. The number of halogens is 10. The Kier molecular flexibility index (Phi) is 18.1. The standard InChI is InChI=1S/C19H11Cl2F3N6.C15H19N5SSi.C8H4Cl2F3N.CH4/c20-16-4-13(5-17(21)29-16)18(19(22,23)24)6-14(27-8-18)11-1-2-15(12(3-11)7-25)30-10-26-9-28-30;1-21-15(18-11-22(2,3)4)12-5-6-14(13(7-12)8-16)20-10-17-9-19-20;1-4(8(11,12)13)5-2-6(9)14-7(10)3-5;/h1-5,9-10H,6,8H2;5-7,9-10H,11H2,1-4H3;2-3H,1H2;1H4. The molecule has 0 aliphatic carbocycles. The molecule has 1 aliphatic heterocycles. The smallest absolute Gasteiger partial charge is 0.288 e. The van der Waals surface area contributed by atoms with Crippen molar-refractivity contribution in [2.75, 3.05) is 19.0 Å². The SMILES string of the molecule is C.C=C(c1cc(Cl)nc(Cl)c1)C(F)(F)F.CSC(=NC[Si](C)(C)C)c1ccc(-n2cncn2)c(C#N)c1.N#Cc1cc(C2=NCC(c3cc(Cl)nc(Cl)c3)(C(F)(F)F)C2)ccc1-n1cncn1. The van der Waals surface area contributed by atoms with Gasteiger partial charge in [-0.15, -0.1) is 11.8 Å². The van der Waals surface area contributed by atoms with Crippen LogP contribution in [0.2, 0.25) is 40.3 Å². The molecule has 1 aliphatic rings. The summed E-state index contributed by atoms with van der Waals surface area (Å²) in [6, 6.07) is 19.2. The highest BCUT2D eigenvalue weighted by Gasteiger charge is 2.58. The molecule has 12 nitrogen and oxygen atoms in total. The largest absolute Gasteiger partial charge is 0.416 e. The Morgan fingerprint density at radius 1 is 0.791 bits per heavy atom. The van der Waals surface area contributed by atoms with Gasteiger partial charge in [-0.2, -0.15) is 47.1 Å². The molecule has 0 amide bonds. The second-order valence-electron chi connectivity index (χ2n) is 15.3. The molecule has 2 aromatic carbocycles. The molecule has 24 heteroatoms. The first-order chi connectivity index (χ1) is 31.0. The molecular formula is C43H38Cl4F6N12SSi. The molecule has 7 rings (SSSR count). The van der Waals surface area contributed by atoms with E-state index in [2.05, 4.69) is 67.4 Å². The van der Waals surface area contributed by atoms with Gasteiger partial charge in [0.25, 0.3) is 0 Å². The van der Waals surface area contributed by atoms with Crippen LogP contribution in [0.3, 0.4) is 0 Å². The fourth-order valence-corrected chi connectivity index (χ4v) is 8.35. The lowest BCUT2D eigenvalue weighted by Crippen LogP contribution is -2.43. The van der Waals surface area contributed by atoms with E-state index in [9.17, 15) is 36.9 Å². The number of hydrogen-bond donors (Lipinski definition) is 0. The molecule has 0 radical (unpaired) electrons. The molecule has 1 atom stereocenters. The summed E-state index contributed by atoms with van der Waals surface area (Å²) in [5.41, 5.74) is 0.0804. The number of allylic oxidation sites excluding steroid dienone is 1. The van der Waals surface area contributed by atoms with Crippen LogP contribution < -0.4 is 0 Å². The summed E-state index contributed by atoms with van der Waals surface area (Å²) in [6.45, 7) is 9.27. The van der Waals surface area contributed by atoms with Gasteiger partial charge in [-0.1, -0.05) is 92.2 Å². The third-order valence-electron chi connectivity index (χ3n) is 9.36. The lowest BCUT2D eigenvalue weighted by atomic mass is 9.77. The zero-order chi connectivity index (χ0) is 48.6. The van der Waals surface area contributed by atoms with E-state index in [1.54, 1.807) is 34.9 Å². The first kappa shape index (κ1) is 54.0. The van der Waals surface area contributed by atoms with E-state index in [1.165, 1.54) is 29.7 Å². The Balaban J connectivity index is 0.000000233. The van der Waals surface area contributed by atoms with Crippen LogP contribution >= 0.6 is 58.2 Å². The molecule has 1 unspecified atom stereocenters. The summed E-state index contributed by atoms with van der Waals surface area (Å²) < 4.78 is 82.2. The van der Waals surface area contributed by atoms with Crippen LogP contribution in [0.4, 0.5) is 26.3 Å². The van der Waals surface area contributed by atoms with Crippen LogP contribution in [0.5, 0.6) is 0 Å². The summed E-state index contributed by atoms with van der Waals surface area (Å²) in [5, 5.41) is 27.5. The molecule has 0 saturated carbocycles. The van der Waals surface area contributed by atoms with Crippen molar-refractivity contribution in [3.8, 4) is 23.5 Å². The van der Waals surface area contributed by atoms with E-state index in [0.29, 0.717) is 16.8 Å². The van der Waals surface area contributed by atoms with E-state index in [1.807, 2.05) is 30.5 Å². The fraction of sp³-hybridized carbons (Fsp3) is 0.256. The zero-order valence-electron chi connectivity index (χ0n) is 35.0. The molecule has 0 bridgehead atoms. The average Bonchev–Trinajstić information content (AvgIpc) is 4.06. The maximum absolute atomic E-state index is 14.2. The Morgan fingerprint density at radius 2 is 1.30 bits per heavy atom. The lowest BCUT2D eigenvalue weighted by molar-refractivity contribution is -0.183. The van der Waals surface area contributed by atoms with Crippen LogP contribution in [-0.2, 0) is 5.41 Å². The topological polar surface area (TPSA) is 160 Å². The van der Waals surface area contributed by atoms with Crippen LogP contribution in [0, 0.1) is 22.7 Å². The highest BCUT2D eigenvalue weighted by atomic mass is 35.5. The summed E-state index contributed by atoms with van der Waals surface area (Å²) in [7, 11) is -1.23. The predicted octanol–water partition coefficient (Wildman–Crippen LogP) is 12.3. The average molecular weight is 1040 g/mol. The van der Waals surface area contributed by atoms with Crippen molar-refractivity contribution >= 4 is 82.6 Å². The number of pyridine rings is 2. The van der Waals surface area contributed by atoms with E-state index in [-0.39, 0.29) is 50.4 Å². The van der Waals surface area contributed by atoms with Crippen molar-refractivity contribution in [2.45, 2.75) is 51.3 Å². The van der Waals surface area contributed by atoms with Gasteiger partial charge >= 0.3 is 12.4 Å². The number of aromatic nitrogens is 8. The van der Waals surface area contributed by atoms with Crippen molar-refractivity contribution in [3.05, 3.63) is 147 Å². The number of benzene rings is 2. The van der Waals surface area contributed by atoms with Gasteiger partial charge in [-0.3, -0.25) is 9.98 Å². The highest BCUT2D eigenvalue weighted by Crippen LogP contribution is 2.48. The lowest BCUT2D eigenvalue weighted by Gasteiger charge is -2.31. The number of thioether (sulfide) groups is 1. The zero-order valence-corrected chi connectivity index (χ0v) is 39.8. The molecule has 0 fully saturated rings. The minimum Gasteiger partial charge on any atom is -0.288 e. The van der Waals surface area contributed by atoms with Gasteiger partial charge in [-0.05, 0) is 71.5 Å². The van der Waals surface area contributed by atoms with E-state index in [0.717, 1.165) is 46.7 Å². The van der Waals surface area contributed by atoms with Crippen LogP contribution in [-0.4, -0.2) is 89.6 Å². The number of rotatable bonds is 8. The van der Waals surface area contributed by atoms with E-state index < -0.39 is 44.4 Å². The highest BCUT2D eigenvalue weighted by molar-refractivity contribution is 8.13. The number of hydrogen-bond acceptors (Lipinski definition) is 11. The third kappa shape index (κ3) is 13.7. The van der Waals surface area contributed by atoms with Crippen molar-refractivity contribution < 1.29 is 26.3 Å². The molecule has 0 spiro atoms. The van der Waals surface area contributed by atoms with Crippen molar-refractivity contribution in [2.24, 2.45) is 9.98 Å². The number of nitrogens with zero attached hydrogens (tertiary/aromatic N) is 12. The van der Waals surface area contributed by atoms with Gasteiger partial charge in [0.15, 0.2) is 0 Å². The van der Waals surface area contributed by atoms with Crippen molar-refractivity contribution in [1.29, 1.82) is 10.5 Å². The third-order valence-corrected chi connectivity index (χ3v) is 12.0. The Bertz CT molecular complexity index is 2810.